The van der Waals surface area contributed by atoms with E-state index in [2.05, 4.69) is 4.98 Å². The molecule has 1 heterocycles. The maximum Gasteiger partial charge on any atom is 0.168 e. The van der Waals surface area contributed by atoms with Crippen LogP contribution in [0.3, 0.4) is 0 Å². The molecule has 0 saturated heterocycles. The number of pyridine rings is 1. The molecule has 2 aromatic rings. The molecule has 5 rings (SSSR count). The molecule has 1 aromatic carbocycles. The summed E-state index contributed by atoms with van der Waals surface area (Å²) in [6.45, 7) is 0. The van der Waals surface area contributed by atoms with E-state index in [4.69, 9.17) is 0 Å². The molecule has 0 aliphatic heterocycles. The summed E-state index contributed by atoms with van der Waals surface area (Å²) in [7, 11) is 0. The van der Waals surface area contributed by atoms with E-state index in [1.807, 2.05) is 30.3 Å². The van der Waals surface area contributed by atoms with E-state index in [1.165, 1.54) is 19.3 Å². The summed E-state index contributed by atoms with van der Waals surface area (Å²) in [6, 6.07) is 10.1. The summed E-state index contributed by atoms with van der Waals surface area (Å²) in [4.78, 5) is 17.2. The van der Waals surface area contributed by atoms with Crippen LogP contribution in [-0.4, -0.2) is 10.8 Å². The van der Waals surface area contributed by atoms with E-state index in [0.29, 0.717) is 23.5 Å². The van der Waals surface area contributed by atoms with Crippen LogP contribution in [0, 0.1) is 29.6 Å². The lowest BCUT2D eigenvalue weighted by molar-refractivity contribution is 0.0944. The standard InChI is InChI=1S/C18H17NO/c20-18(17-15-11-5-6-12(8-11)16(15)17)13-7-10-3-1-2-4-14(10)19-9-13/h1-4,7,9,11-12,15-17H,5-6,8H2. The number of benzene rings is 1. The van der Waals surface area contributed by atoms with Gasteiger partial charge in [0, 0.05) is 23.1 Å². The molecule has 3 fully saturated rings. The molecular weight excluding hydrogens is 246 g/mol. The number of carbonyl (C=O) groups excluding carboxylic acids is 1. The lowest BCUT2D eigenvalue weighted by Crippen LogP contribution is -2.10. The summed E-state index contributed by atoms with van der Waals surface area (Å²) < 4.78 is 0. The Kier molecular flexibility index (Phi) is 2.03. The summed E-state index contributed by atoms with van der Waals surface area (Å²) in [5, 5.41) is 1.08. The first-order chi connectivity index (χ1) is 9.83. The number of hydrogen-bond acceptors (Lipinski definition) is 2. The molecule has 0 spiro atoms. The number of ketones is 1. The first-order valence-electron chi connectivity index (χ1n) is 7.72. The molecule has 1 aromatic heterocycles. The van der Waals surface area contributed by atoms with Gasteiger partial charge in [-0.3, -0.25) is 9.78 Å². The predicted molar refractivity (Wildman–Crippen MR) is 77.4 cm³/mol. The quantitative estimate of drug-likeness (QED) is 0.773. The molecule has 4 atom stereocenters. The van der Waals surface area contributed by atoms with E-state index in [0.717, 1.165) is 28.3 Å². The van der Waals surface area contributed by atoms with Gasteiger partial charge in [0.15, 0.2) is 5.78 Å². The van der Waals surface area contributed by atoms with Gasteiger partial charge >= 0.3 is 0 Å². The number of nitrogens with zero attached hydrogens (tertiary/aromatic N) is 1. The Labute approximate surface area is 118 Å². The fourth-order valence-electron chi connectivity index (χ4n) is 5.07. The number of carbonyl (C=O) groups is 1. The van der Waals surface area contributed by atoms with Crippen LogP contribution in [0.25, 0.3) is 10.9 Å². The van der Waals surface area contributed by atoms with Gasteiger partial charge in [-0.15, -0.1) is 0 Å². The highest BCUT2D eigenvalue weighted by molar-refractivity contribution is 6.02. The molecule has 2 heteroatoms. The Morgan fingerprint density at radius 2 is 1.85 bits per heavy atom. The molecule has 3 aliphatic rings. The third kappa shape index (κ3) is 1.34. The summed E-state index contributed by atoms with van der Waals surface area (Å²) in [5.74, 6) is 3.82. The van der Waals surface area contributed by atoms with Gasteiger partial charge in [0.1, 0.15) is 0 Å². The average Bonchev–Trinajstić information content (AvgIpc) is 2.93. The predicted octanol–water partition coefficient (Wildman–Crippen LogP) is 3.71. The minimum Gasteiger partial charge on any atom is -0.294 e. The Morgan fingerprint density at radius 3 is 2.65 bits per heavy atom. The van der Waals surface area contributed by atoms with Crippen molar-refractivity contribution in [2.75, 3.05) is 0 Å². The zero-order valence-corrected chi connectivity index (χ0v) is 11.3. The summed E-state index contributed by atoms with van der Waals surface area (Å²) in [6.07, 6.45) is 5.91. The number of aromatic nitrogens is 1. The second-order valence-corrected chi connectivity index (χ2v) is 6.79. The van der Waals surface area contributed by atoms with E-state index < -0.39 is 0 Å². The summed E-state index contributed by atoms with van der Waals surface area (Å²) >= 11 is 0. The highest BCUT2D eigenvalue weighted by Gasteiger charge is 2.67. The van der Waals surface area contributed by atoms with Crippen LogP contribution in [0.15, 0.2) is 36.5 Å². The monoisotopic (exact) mass is 263 g/mol. The van der Waals surface area contributed by atoms with Crippen molar-refractivity contribution < 1.29 is 4.79 Å². The topological polar surface area (TPSA) is 30.0 Å². The van der Waals surface area contributed by atoms with Crippen molar-refractivity contribution in [2.45, 2.75) is 19.3 Å². The molecule has 2 nitrogen and oxygen atoms in total. The van der Waals surface area contributed by atoms with E-state index in [9.17, 15) is 4.79 Å². The lowest BCUT2D eigenvalue weighted by atomic mass is 9.96. The number of rotatable bonds is 2. The van der Waals surface area contributed by atoms with Crippen molar-refractivity contribution in [1.82, 2.24) is 4.98 Å². The normalized spacial score (nSPS) is 37.1. The van der Waals surface area contributed by atoms with Crippen LogP contribution in [-0.2, 0) is 0 Å². The Bertz CT molecular complexity index is 706. The number of hydrogen-bond donors (Lipinski definition) is 0. The molecule has 0 radical (unpaired) electrons. The first kappa shape index (κ1) is 11.0. The van der Waals surface area contributed by atoms with Gasteiger partial charge in [-0.25, -0.2) is 0 Å². The van der Waals surface area contributed by atoms with Gasteiger partial charge in [-0.1, -0.05) is 18.2 Å². The van der Waals surface area contributed by atoms with E-state index in [-0.39, 0.29) is 0 Å². The van der Waals surface area contributed by atoms with Crippen molar-refractivity contribution in [2.24, 2.45) is 29.6 Å². The third-order valence-corrected chi connectivity index (χ3v) is 5.91. The lowest BCUT2D eigenvalue weighted by Gasteiger charge is -2.08. The fraction of sp³-hybridized carbons (Fsp3) is 0.444. The van der Waals surface area contributed by atoms with Crippen LogP contribution in [0.4, 0.5) is 0 Å². The first-order valence-corrected chi connectivity index (χ1v) is 7.72. The van der Waals surface area contributed by atoms with Crippen LogP contribution in [0.1, 0.15) is 29.6 Å². The Morgan fingerprint density at radius 1 is 1.10 bits per heavy atom. The zero-order chi connectivity index (χ0) is 13.3. The molecule has 0 amide bonds. The van der Waals surface area contributed by atoms with Crippen LogP contribution in [0.5, 0.6) is 0 Å². The molecule has 20 heavy (non-hydrogen) atoms. The molecule has 3 aliphatic carbocycles. The maximum absolute atomic E-state index is 12.7. The van der Waals surface area contributed by atoms with Crippen molar-refractivity contribution >= 4 is 16.7 Å². The number of fused-ring (bicyclic) bond motifs is 6. The largest absolute Gasteiger partial charge is 0.294 e. The SMILES string of the molecule is O=C(c1cnc2ccccc2c1)C1C2C3CCC(C3)C12. The van der Waals surface area contributed by atoms with E-state index >= 15 is 0 Å². The molecular formula is C18H17NO. The van der Waals surface area contributed by atoms with Gasteiger partial charge in [0.25, 0.3) is 0 Å². The Hall–Kier alpha value is -1.70. The van der Waals surface area contributed by atoms with Gasteiger partial charge < -0.3 is 0 Å². The Balaban J connectivity index is 1.49. The average molecular weight is 263 g/mol. The van der Waals surface area contributed by atoms with Crippen LogP contribution < -0.4 is 0 Å². The number of para-hydroxylation sites is 1. The van der Waals surface area contributed by atoms with Crippen LogP contribution in [0.2, 0.25) is 0 Å². The minimum absolute atomic E-state index is 0.323. The molecule has 100 valence electrons. The van der Waals surface area contributed by atoms with Crippen molar-refractivity contribution in [3.8, 4) is 0 Å². The molecule has 2 bridgehead atoms. The molecule has 0 N–H and O–H groups in total. The molecule has 4 unspecified atom stereocenters. The van der Waals surface area contributed by atoms with Crippen molar-refractivity contribution in [3.05, 3.63) is 42.1 Å². The van der Waals surface area contributed by atoms with Gasteiger partial charge in [0.05, 0.1) is 5.52 Å². The minimum atomic E-state index is 0.323. The van der Waals surface area contributed by atoms with Gasteiger partial charge in [0.2, 0.25) is 0 Å². The van der Waals surface area contributed by atoms with Crippen molar-refractivity contribution in [1.29, 1.82) is 0 Å². The summed E-state index contributed by atoms with van der Waals surface area (Å²) in [5.41, 5.74) is 1.79. The second-order valence-electron chi connectivity index (χ2n) is 6.79. The van der Waals surface area contributed by atoms with Gasteiger partial charge in [-0.2, -0.15) is 0 Å². The maximum atomic E-state index is 12.7. The highest BCUT2D eigenvalue weighted by atomic mass is 16.1. The van der Waals surface area contributed by atoms with Crippen molar-refractivity contribution in [3.63, 3.8) is 0 Å². The fourth-order valence-corrected chi connectivity index (χ4v) is 5.07. The smallest absolute Gasteiger partial charge is 0.168 e. The van der Waals surface area contributed by atoms with Crippen LogP contribution >= 0.6 is 0 Å². The molecule has 3 saturated carbocycles. The second kappa shape index (κ2) is 3.69. The highest BCUT2D eigenvalue weighted by Crippen LogP contribution is 2.69. The zero-order valence-electron chi connectivity index (χ0n) is 11.3. The van der Waals surface area contributed by atoms with E-state index in [1.54, 1.807) is 6.20 Å². The number of Topliss-reactive ketones (excluding diaryl/α,β-unsaturated/α-hetero) is 1. The van der Waals surface area contributed by atoms with Gasteiger partial charge in [-0.05, 0) is 55.1 Å². The third-order valence-electron chi connectivity index (χ3n) is 5.91.